The molecule has 0 spiro atoms. The van der Waals surface area contributed by atoms with Gasteiger partial charge in [-0.3, -0.25) is 9.36 Å². The number of imidazole rings is 1. The van der Waals surface area contributed by atoms with Crippen molar-refractivity contribution >= 4 is 17.1 Å². The van der Waals surface area contributed by atoms with E-state index in [1.165, 1.54) is 10.9 Å². The number of aliphatic hydroxyl groups is 4. The number of anilines is 1. The highest BCUT2D eigenvalue weighted by atomic mass is 16.6. The maximum Gasteiger partial charge on any atom is 0.285 e. The third-order valence-corrected chi connectivity index (χ3v) is 4.66. The molecule has 1 fully saturated rings. The van der Waals surface area contributed by atoms with Gasteiger partial charge in [-0.25, -0.2) is 9.55 Å². The molecule has 0 bridgehead atoms. The Balaban J connectivity index is 1.84. The van der Waals surface area contributed by atoms with Crippen molar-refractivity contribution in [3.63, 3.8) is 0 Å². The standard InChI is InChI=1S/C14H19N5O6/c1-5-2-7(21)19-12(24)8-11(17-14(19)16-5)18(4-15-8)13-10(23)9(22)6(3-20)25-13/h4-7,9-10,13,20-23H,2-3H2,1H3,(H,16,17)/t5?,6-,7?,9-,10-,13?/m1/s1. The molecule has 4 heterocycles. The second-order valence-electron chi connectivity index (χ2n) is 6.43. The fraction of sp³-hybridized carbons (Fsp3) is 0.643. The molecule has 0 radical (unpaired) electrons. The largest absolute Gasteiger partial charge is 0.394 e. The summed E-state index contributed by atoms with van der Waals surface area (Å²) < 4.78 is 7.95. The molecule has 2 aromatic rings. The van der Waals surface area contributed by atoms with Crippen LogP contribution in [0.2, 0.25) is 0 Å². The van der Waals surface area contributed by atoms with E-state index >= 15 is 0 Å². The zero-order valence-electron chi connectivity index (χ0n) is 13.3. The Kier molecular flexibility index (Phi) is 3.77. The van der Waals surface area contributed by atoms with Crippen LogP contribution in [0.1, 0.15) is 25.8 Å². The van der Waals surface area contributed by atoms with Gasteiger partial charge in [-0.2, -0.15) is 4.98 Å². The molecule has 0 aromatic carbocycles. The summed E-state index contributed by atoms with van der Waals surface area (Å²) >= 11 is 0. The molecule has 136 valence electrons. The molecule has 2 aliphatic heterocycles. The van der Waals surface area contributed by atoms with Gasteiger partial charge in [0.05, 0.1) is 12.9 Å². The molecular formula is C14H19N5O6. The smallest absolute Gasteiger partial charge is 0.285 e. The molecule has 25 heavy (non-hydrogen) atoms. The Labute approximate surface area is 141 Å². The summed E-state index contributed by atoms with van der Waals surface area (Å²) in [7, 11) is 0. The number of rotatable bonds is 2. The fourth-order valence-corrected chi connectivity index (χ4v) is 3.36. The molecule has 2 aromatic heterocycles. The van der Waals surface area contributed by atoms with Gasteiger partial charge in [0.1, 0.15) is 24.5 Å². The molecule has 1 saturated heterocycles. The first-order valence-corrected chi connectivity index (χ1v) is 7.98. The lowest BCUT2D eigenvalue weighted by atomic mass is 10.1. The van der Waals surface area contributed by atoms with Crippen LogP contribution in [0, 0.1) is 0 Å². The van der Waals surface area contributed by atoms with Gasteiger partial charge in [0.15, 0.2) is 17.4 Å². The minimum atomic E-state index is -1.31. The van der Waals surface area contributed by atoms with E-state index in [1.807, 2.05) is 6.92 Å². The molecule has 2 aliphatic rings. The average molecular weight is 353 g/mol. The van der Waals surface area contributed by atoms with Crippen molar-refractivity contribution in [3.05, 3.63) is 16.7 Å². The van der Waals surface area contributed by atoms with Crippen LogP contribution < -0.4 is 10.9 Å². The summed E-state index contributed by atoms with van der Waals surface area (Å²) in [5.74, 6) is 0.192. The number of hydrogen-bond donors (Lipinski definition) is 5. The predicted octanol–water partition coefficient (Wildman–Crippen LogP) is -2.10. The summed E-state index contributed by atoms with van der Waals surface area (Å²) in [6.45, 7) is 1.39. The number of aliphatic hydroxyl groups excluding tert-OH is 4. The van der Waals surface area contributed by atoms with Crippen molar-refractivity contribution in [1.82, 2.24) is 19.1 Å². The lowest BCUT2D eigenvalue weighted by Crippen LogP contribution is -2.38. The number of hydrogen-bond acceptors (Lipinski definition) is 9. The molecule has 11 nitrogen and oxygen atoms in total. The molecule has 5 N–H and O–H groups in total. The molecule has 0 saturated carbocycles. The van der Waals surface area contributed by atoms with Crippen LogP contribution in [0.3, 0.4) is 0 Å². The summed E-state index contributed by atoms with van der Waals surface area (Å²) in [5.41, 5.74) is -0.353. The number of fused-ring (bicyclic) bond motifs is 2. The third-order valence-electron chi connectivity index (χ3n) is 4.66. The lowest BCUT2D eigenvalue weighted by molar-refractivity contribution is -0.0511. The summed E-state index contributed by atoms with van der Waals surface area (Å²) in [6, 6.07) is -0.0790. The van der Waals surface area contributed by atoms with E-state index < -0.39 is 42.9 Å². The quantitative estimate of drug-likeness (QED) is 0.408. The first kappa shape index (κ1) is 16.4. The third kappa shape index (κ3) is 2.35. The van der Waals surface area contributed by atoms with Gasteiger partial charge < -0.3 is 30.5 Å². The molecule has 11 heteroatoms. The normalized spacial score (nSPS) is 34.9. The second-order valence-corrected chi connectivity index (χ2v) is 6.43. The topological polar surface area (TPSA) is 155 Å². The van der Waals surface area contributed by atoms with Crippen LogP contribution in [0.4, 0.5) is 5.95 Å². The van der Waals surface area contributed by atoms with E-state index in [0.29, 0.717) is 6.42 Å². The van der Waals surface area contributed by atoms with E-state index in [1.54, 1.807) is 0 Å². The van der Waals surface area contributed by atoms with Gasteiger partial charge in [-0.05, 0) is 6.92 Å². The number of nitrogens with zero attached hydrogens (tertiary/aromatic N) is 4. The summed E-state index contributed by atoms with van der Waals surface area (Å²) in [6.07, 6.45) is -3.95. The molecule has 3 unspecified atom stereocenters. The predicted molar refractivity (Wildman–Crippen MR) is 83.8 cm³/mol. The van der Waals surface area contributed by atoms with Crippen LogP contribution in [-0.4, -0.2) is 70.5 Å². The average Bonchev–Trinajstić information content (AvgIpc) is 3.09. The maximum absolute atomic E-state index is 12.6. The Morgan fingerprint density at radius 2 is 2.12 bits per heavy atom. The van der Waals surface area contributed by atoms with E-state index in [9.17, 15) is 25.2 Å². The van der Waals surface area contributed by atoms with Crippen molar-refractivity contribution in [2.24, 2.45) is 0 Å². The van der Waals surface area contributed by atoms with E-state index in [2.05, 4.69) is 15.3 Å². The van der Waals surface area contributed by atoms with E-state index in [4.69, 9.17) is 4.74 Å². The lowest BCUT2D eigenvalue weighted by Gasteiger charge is -2.28. The fourth-order valence-electron chi connectivity index (χ4n) is 3.36. The van der Waals surface area contributed by atoms with Crippen molar-refractivity contribution in [2.75, 3.05) is 11.9 Å². The van der Waals surface area contributed by atoms with Crippen LogP contribution in [0.5, 0.6) is 0 Å². The van der Waals surface area contributed by atoms with Gasteiger partial charge in [-0.1, -0.05) is 0 Å². The molecule has 6 atom stereocenters. The number of nitrogens with one attached hydrogen (secondary N) is 1. The van der Waals surface area contributed by atoms with Crippen molar-refractivity contribution in [1.29, 1.82) is 0 Å². The molecule has 0 aliphatic carbocycles. The van der Waals surface area contributed by atoms with Crippen LogP contribution in [0.25, 0.3) is 11.2 Å². The Bertz CT molecular complexity index is 865. The first-order valence-electron chi connectivity index (χ1n) is 7.98. The zero-order valence-corrected chi connectivity index (χ0v) is 13.3. The molecule has 4 rings (SSSR count). The summed E-state index contributed by atoms with van der Waals surface area (Å²) in [5, 5.41) is 42.5. The highest BCUT2D eigenvalue weighted by Crippen LogP contribution is 2.31. The van der Waals surface area contributed by atoms with Gasteiger partial charge in [-0.15, -0.1) is 0 Å². The van der Waals surface area contributed by atoms with Gasteiger partial charge in [0.25, 0.3) is 5.56 Å². The Hall–Kier alpha value is -2.05. The first-order chi connectivity index (χ1) is 11.9. The molecule has 0 amide bonds. The number of ether oxygens (including phenoxy) is 1. The van der Waals surface area contributed by atoms with Crippen LogP contribution in [-0.2, 0) is 4.74 Å². The second kappa shape index (κ2) is 5.75. The monoisotopic (exact) mass is 353 g/mol. The maximum atomic E-state index is 12.6. The van der Waals surface area contributed by atoms with Gasteiger partial charge in [0.2, 0.25) is 5.95 Å². The van der Waals surface area contributed by atoms with Gasteiger partial charge in [0, 0.05) is 12.5 Å². The summed E-state index contributed by atoms with van der Waals surface area (Å²) in [4.78, 5) is 21.0. The Morgan fingerprint density at radius 1 is 1.36 bits per heavy atom. The van der Waals surface area contributed by atoms with Crippen molar-refractivity contribution < 1.29 is 25.2 Å². The van der Waals surface area contributed by atoms with Crippen molar-refractivity contribution in [3.8, 4) is 0 Å². The highest BCUT2D eigenvalue weighted by molar-refractivity contribution is 5.71. The van der Waals surface area contributed by atoms with E-state index in [0.717, 1.165) is 4.57 Å². The number of aromatic nitrogens is 4. The highest BCUT2D eigenvalue weighted by Gasteiger charge is 2.44. The Morgan fingerprint density at radius 3 is 2.80 bits per heavy atom. The van der Waals surface area contributed by atoms with Crippen LogP contribution in [0.15, 0.2) is 11.1 Å². The molecular weight excluding hydrogens is 334 g/mol. The van der Waals surface area contributed by atoms with Crippen molar-refractivity contribution in [2.45, 2.75) is 50.2 Å². The minimum Gasteiger partial charge on any atom is -0.394 e. The minimum absolute atomic E-state index is 0.0110. The zero-order chi connectivity index (χ0) is 17.9. The SMILES string of the molecule is CC1CC(O)n2c(nc3c(ncn3C3O[C@H](CO)[C@@H](O)[C@H]3O)c2=O)N1. The van der Waals surface area contributed by atoms with Gasteiger partial charge >= 0.3 is 0 Å². The van der Waals surface area contributed by atoms with Crippen LogP contribution >= 0.6 is 0 Å². The van der Waals surface area contributed by atoms with E-state index in [-0.39, 0.29) is 23.2 Å².